The number of benzene rings is 12. The summed E-state index contributed by atoms with van der Waals surface area (Å²) < 4.78 is 21.4. The Kier molecular flexibility index (Phi) is 23.5. The number of rotatable bonds is 12. The number of aromatic amines is 4. The third-order valence-corrected chi connectivity index (χ3v) is 24.9. The van der Waals surface area contributed by atoms with Crippen LogP contribution in [0.2, 0.25) is 10.0 Å². The topological polar surface area (TPSA) is 181 Å². The molecule has 0 saturated heterocycles. The Balaban J connectivity index is 0.000000116. The van der Waals surface area contributed by atoms with Crippen molar-refractivity contribution in [2.24, 2.45) is 0 Å². The fourth-order valence-electron chi connectivity index (χ4n) is 18.2. The van der Waals surface area contributed by atoms with Gasteiger partial charge in [0.05, 0.1) is 52.6 Å². The first-order valence-electron chi connectivity index (χ1n) is 41.7. The molecule has 4 atom stereocenters. The van der Waals surface area contributed by atoms with Gasteiger partial charge in [-0.3, -0.25) is 19.2 Å². The smallest absolute Gasteiger partial charge is 0.254 e. The first-order chi connectivity index (χ1) is 59.8. The van der Waals surface area contributed by atoms with Crippen LogP contribution in [-0.4, -0.2) is 118 Å². The second-order valence-corrected chi connectivity index (χ2v) is 33.5. The van der Waals surface area contributed by atoms with E-state index in [1.54, 1.807) is 64.8 Å². The number of nitrogens with zero attached hydrogens (tertiary/aromatic N) is 4. The number of carbonyl (C=O) groups is 4. The molecule has 8 heterocycles. The second kappa shape index (κ2) is 35.3. The molecule has 4 aliphatic rings. The molecule has 0 bridgehead atoms. The number of para-hydroxylation sites is 4. The predicted octanol–water partition coefficient (Wildman–Crippen LogP) is 22.8. The van der Waals surface area contributed by atoms with Gasteiger partial charge >= 0.3 is 0 Å². The second-order valence-electron chi connectivity index (χ2n) is 32.6. The van der Waals surface area contributed by atoms with E-state index in [0.717, 1.165) is 132 Å². The molecule has 20 rings (SSSR count). The molecule has 16 aromatic rings. The molecule has 18 heteroatoms. The van der Waals surface area contributed by atoms with Crippen molar-refractivity contribution in [3.05, 3.63) is 402 Å². The van der Waals surface area contributed by atoms with Gasteiger partial charge in [-0.2, -0.15) is 0 Å². The molecule has 0 aliphatic carbocycles. The monoisotopic (exact) mass is 1670 g/mol. The lowest BCUT2D eigenvalue weighted by molar-refractivity contribution is 0.0684. The van der Waals surface area contributed by atoms with Crippen LogP contribution >= 0.6 is 23.2 Å². The number of hydrogen-bond donors (Lipinski definition) is 4. The first-order valence-corrected chi connectivity index (χ1v) is 42.5. The van der Waals surface area contributed by atoms with Crippen LogP contribution in [0.4, 0.5) is 0 Å². The molecule has 4 aliphatic heterocycles. The van der Waals surface area contributed by atoms with Gasteiger partial charge in [0.15, 0.2) is 0 Å². The summed E-state index contributed by atoms with van der Waals surface area (Å²) in [5.74, 6) is 3.30. The van der Waals surface area contributed by atoms with Crippen molar-refractivity contribution in [3.8, 4) is 23.0 Å². The minimum absolute atomic E-state index is 0.00297. The molecule has 4 unspecified atom stereocenters. The van der Waals surface area contributed by atoms with Gasteiger partial charge in [-0.1, -0.05) is 202 Å². The predicted molar refractivity (Wildman–Crippen MR) is 491 cm³/mol. The Labute approximate surface area is 725 Å². The van der Waals surface area contributed by atoms with Gasteiger partial charge in [-0.15, -0.1) is 0 Å². The highest BCUT2D eigenvalue weighted by Crippen LogP contribution is 2.46. The number of halogens is 2. The van der Waals surface area contributed by atoms with Gasteiger partial charge < -0.3 is 58.5 Å². The molecule has 12 aromatic carbocycles. The Morgan fingerprint density at radius 2 is 0.610 bits per heavy atom. The molecule has 4 amide bonds. The maximum Gasteiger partial charge on any atom is 0.254 e. The van der Waals surface area contributed by atoms with Crippen LogP contribution in [0.3, 0.4) is 0 Å². The summed E-state index contributed by atoms with van der Waals surface area (Å²) in [5, 5.41) is 6.12. The van der Waals surface area contributed by atoms with Crippen molar-refractivity contribution in [3.63, 3.8) is 0 Å². The summed E-state index contributed by atoms with van der Waals surface area (Å²) in [7, 11) is 6.64. The van der Waals surface area contributed by atoms with Crippen LogP contribution in [0.15, 0.2) is 291 Å². The van der Waals surface area contributed by atoms with E-state index in [1.807, 2.05) is 172 Å². The van der Waals surface area contributed by atoms with Gasteiger partial charge in [-0.25, -0.2) is 0 Å². The van der Waals surface area contributed by atoms with E-state index in [-0.39, 0.29) is 53.2 Å². The number of aryl methyl sites for hydroxylation is 1. The third-order valence-electron chi connectivity index (χ3n) is 24.4. The zero-order chi connectivity index (χ0) is 85.2. The minimum Gasteiger partial charge on any atom is -0.497 e. The van der Waals surface area contributed by atoms with Gasteiger partial charge in [-0.05, 0) is 227 Å². The van der Waals surface area contributed by atoms with Crippen molar-refractivity contribution in [1.29, 1.82) is 0 Å². The van der Waals surface area contributed by atoms with Crippen LogP contribution < -0.4 is 18.9 Å². The molecular weight excluding hydrogens is 1570 g/mol. The Morgan fingerprint density at radius 1 is 0.317 bits per heavy atom. The van der Waals surface area contributed by atoms with Gasteiger partial charge in [0.2, 0.25) is 0 Å². The van der Waals surface area contributed by atoms with Crippen LogP contribution in [0.1, 0.15) is 165 Å². The highest BCUT2D eigenvalue weighted by atomic mass is 35.5. The van der Waals surface area contributed by atoms with Gasteiger partial charge in [0, 0.05) is 125 Å². The lowest BCUT2D eigenvalue weighted by Gasteiger charge is -2.36. The molecule has 4 N–H and O–H groups in total. The average Bonchev–Trinajstić information content (AvgIpc) is 1.69. The molecule has 618 valence electrons. The zero-order valence-corrected chi connectivity index (χ0v) is 71.5. The SMILES string of the molecule is COc1ccc(C2c3[nH]c4ccccc4c3CCN2C(=O)c2ccc(C(C)(C)C)cc2)cc1.COc1ccc(C2c3[nH]c4ccccc4c3CCN2C(=O)c2ccc(Cl)cc2)cc1.COc1ccc(C2c3[nH]c4ccccc4c3CCN2C(=O)c2cccc(Cl)c2)cc1.COc1ccc(C2c3[nH]c4ccccc4c3CCN2C(=O)c2ccccc2C)cc1. The van der Waals surface area contributed by atoms with E-state index in [2.05, 4.69) is 150 Å². The van der Waals surface area contributed by atoms with Crippen molar-refractivity contribution >= 4 is 90.4 Å². The van der Waals surface area contributed by atoms with E-state index in [9.17, 15) is 19.2 Å². The Bertz CT molecular complexity index is 6550. The van der Waals surface area contributed by atoms with E-state index in [0.29, 0.717) is 47.4 Å². The van der Waals surface area contributed by atoms with Crippen molar-refractivity contribution in [2.75, 3.05) is 54.6 Å². The van der Waals surface area contributed by atoms with E-state index in [1.165, 1.54) is 49.4 Å². The van der Waals surface area contributed by atoms with Gasteiger partial charge in [0.1, 0.15) is 23.0 Å². The maximum atomic E-state index is 13.8. The van der Waals surface area contributed by atoms with Crippen LogP contribution in [0.5, 0.6) is 23.0 Å². The number of amides is 4. The largest absolute Gasteiger partial charge is 0.497 e. The maximum absolute atomic E-state index is 13.8. The highest BCUT2D eigenvalue weighted by Gasteiger charge is 2.40. The lowest BCUT2D eigenvalue weighted by atomic mass is 9.86. The number of H-pyrrole nitrogens is 4. The van der Waals surface area contributed by atoms with Gasteiger partial charge in [0.25, 0.3) is 23.6 Å². The number of fused-ring (bicyclic) bond motifs is 12. The quantitative estimate of drug-likeness (QED) is 0.0932. The summed E-state index contributed by atoms with van der Waals surface area (Å²) in [6.45, 7) is 11.2. The van der Waals surface area contributed by atoms with Crippen LogP contribution in [0.25, 0.3) is 43.6 Å². The van der Waals surface area contributed by atoms with Crippen molar-refractivity contribution < 1.29 is 38.1 Å². The molecule has 0 fully saturated rings. The molecule has 0 spiro atoms. The number of ether oxygens (including phenoxy) is 4. The van der Waals surface area contributed by atoms with Crippen molar-refractivity contribution in [1.82, 2.24) is 39.5 Å². The standard InChI is InChI=1S/C29H30N2O2.C26H24N2O2.2C25H21ClN2O2/c1-29(2,3)21-13-9-20(10-14-21)28(32)31-18-17-24-23-7-5-6-8-25(23)30-26(24)27(31)19-11-15-22(33-4)16-12-19;1-17-7-3-4-8-20(17)26(29)28-16-15-22-21-9-5-6-10-23(21)27-24(22)25(28)18-11-13-19(30-2)14-12-18;1-30-19-11-9-16(10-12-19)24-23-21(20-7-2-3-8-22(20)27-23)13-14-28(24)25(29)17-5-4-6-18(26)15-17;1-30-19-12-8-16(9-13-19)24-23-21(20-4-2-3-5-22(20)27-23)14-15-28(24)25(29)17-6-10-18(26)11-7-17/h5-16,27,30H,17-18H2,1-4H3;3-14,25,27H,15-16H2,1-2H3;2-12,15,24,27H,13-14H2,1H3;2-13,24,27H,14-15H2,1H3. The number of hydrogen-bond acceptors (Lipinski definition) is 8. The average molecular weight is 1670 g/mol. The molecule has 123 heavy (non-hydrogen) atoms. The highest BCUT2D eigenvalue weighted by molar-refractivity contribution is 6.31. The molecular formula is C105H96Cl2N8O8. The van der Waals surface area contributed by atoms with Crippen LogP contribution in [0, 0.1) is 6.92 Å². The summed E-state index contributed by atoms with van der Waals surface area (Å²) in [5.41, 5.74) is 23.2. The summed E-state index contributed by atoms with van der Waals surface area (Å²) in [6, 6.07) is 94.8. The lowest BCUT2D eigenvalue weighted by Crippen LogP contribution is -2.40. The van der Waals surface area contributed by atoms with E-state index < -0.39 is 0 Å². The summed E-state index contributed by atoms with van der Waals surface area (Å²) in [4.78, 5) is 76.7. The van der Waals surface area contributed by atoms with E-state index in [4.69, 9.17) is 42.1 Å². The normalized spacial score (nSPS) is 15.9. The zero-order valence-electron chi connectivity index (χ0n) is 70.0. The van der Waals surface area contributed by atoms with E-state index >= 15 is 0 Å². The number of methoxy groups -OCH3 is 4. The fraction of sp³-hybridized carbons (Fsp3) is 0.200. The number of nitrogens with one attached hydrogen (secondary N) is 4. The molecule has 0 radical (unpaired) electrons. The number of carbonyl (C=O) groups excluding carboxylic acids is 4. The molecule has 16 nitrogen and oxygen atoms in total. The summed E-state index contributed by atoms with van der Waals surface area (Å²) >= 11 is 12.2. The fourth-order valence-corrected chi connectivity index (χ4v) is 18.5. The Morgan fingerprint density at radius 3 is 0.919 bits per heavy atom. The summed E-state index contributed by atoms with van der Waals surface area (Å²) in [6.07, 6.45) is 3.28. The first kappa shape index (κ1) is 81.8. The molecule has 4 aromatic heterocycles. The number of aromatic nitrogens is 4. The minimum atomic E-state index is -0.210. The molecule has 0 saturated carbocycles. The van der Waals surface area contributed by atoms with Crippen molar-refractivity contribution in [2.45, 2.75) is 83.0 Å². The Hall–Kier alpha value is -13.5. The third kappa shape index (κ3) is 16.4. The van der Waals surface area contributed by atoms with Crippen LogP contribution in [-0.2, 0) is 31.1 Å².